The normalized spacial score (nSPS) is 17.3. The number of hydrogen-bond acceptors (Lipinski definition) is 2. The van der Waals surface area contributed by atoms with Gasteiger partial charge in [0.25, 0.3) is 0 Å². The Hall–Kier alpha value is -1.91. The van der Waals surface area contributed by atoms with Crippen molar-refractivity contribution in [3.8, 4) is 0 Å². The van der Waals surface area contributed by atoms with Gasteiger partial charge < -0.3 is 10.4 Å². The average molecular weight is 279 g/mol. The maximum atomic E-state index is 12.9. The molecule has 1 aromatic rings. The van der Waals surface area contributed by atoms with Crippen molar-refractivity contribution in [3.63, 3.8) is 0 Å². The lowest BCUT2D eigenvalue weighted by molar-refractivity contribution is -0.137. The summed E-state index contributed by atoms with van der Waals surface area (Å²) in [5.74, 6) is -1.41. The van der Waals surface area contributed by atoms with Gasteiger partial charge in [-0.3, -0.25) is 9.59 Å². The number of halogens is 1. The minimum Gasteiger partial charge on any atom is -0.481 e. The number of rotatable bonds is 6. The predicted octanol–water partition coefficient (Wildman–Crippen LogP) is 2.23. The second kappa shape index (κ2) is 5.61. The van der Waals surface area contributed by atoms with Gasteiger partial charge in [-0.1, -0.05) is 19.1 Å². The molecule has 5 heteroatoms. The first-order valence-electron chi connectivity index (χ1n) is 6.77. The molecule has 1 aliphatic carbocycles. The van der Waals surface area contributed by atoms with Crippen LogP contribution in [-0.2, 0) is 15.0 Å². The summed E-state index contributed by atoms with van der Waals surface area (Å²) >= 11 is 0. The number of nitrogens with one attached hydrogen (secondary N) is 1. The lowest BCUT2D eigenvalue weighted by Gasteiger charge is -2.20. The van der Waals surface area contributed by atoms with E-state index in [4.69, 9.17) is 5.11 Å². The van der Waals surface area contributed by atoms with E-state index in [1.807, 2.05) is 6.92 Å². The Balaban J connectivity index is 2.08. The van der Waals surface area contributed by atoms with Crippen molar-refractivity contribution in [2.75, 3.05) is 0 Å². The van der Waals surface area contributed by atoms with Crippen LogP contribution in [-0.4, -0.2) is 23.0 Å². The Morgan fingerprint density at radius 3 is 2.40 bits per heavy atom. The summed E-state index contributed by atoms with van der Waals surface area (Å²) in [5.41, 5.74) is 0.196. The molecule has 108 valence electrons. The van der Waals surface area contributed by atoms with Crippen LogP contribution in [0.5, 0.6) is 0 Å². The van der Waals surface area contributed by atoms with Gasteiger partial charge in [0.1, 0.15) is 5.82 Å². The molecule has 0 aliphatic heterocycles. The summed E-state index contributed by atoms with van der Waals surface area (Å²) in [6.45, 7) is 1.84. The topological polar surface area (TPSA) is 66.4 Å². The number of hydrogen-bond donors (Lipinski definition) is 2. The summed E-state index contributed by atoms with van der Waals surface area (Å²) in [6.07, 6.45) is 1.92. The van der Waals surface area contributed by atoms with Gasteiger partial charge in [-0.15, -0.1) is 0 Å². The Morgan fingerprint density at radius 1 is 1.35 bits per heavy atom. The van der Waals surface area contributed by atoms with E-state index in [0.29, 0.717) is 19.3 Å². The van der Waals surface area contributed by atoms with E-state index in [0.717, 1.165) is 5.56 Å². The second-order valence-electron chi connectivity index (χ2n) is 5.27. The fraction of sp³-hybridized carbons (Fsp3) is 0.467. The molecule has 1 amide bonds. The van der Waals surface area contributed by atoms with Crippen LogP contribution in [0.25, 0.3) is 0 Å². The largest absolute Gasteiger partial charge is 0.481 e. The van der Waals surface area contributed by atoms with E-state index in [1.54, 1.807) is 12.1 Å². The molecule has 0 aromatic heterocycles. The van der Waals surface area contributed by atoms with Crippen LogP contribution in [0.4, 0.5) is 4.39 Å². The molecule has 1 unspecified atom stereocenters. The summed E-state index contributed by atoms with van der Waals surface area (Å²) in [6, 6.07) is 5.58. The quantitative estimate of drug-likeness (QED) is 0.839. The molecule has 4 nitrogen and oxygen atoms in total. The summed E-state index contributed by atoms with van der Waals surface area (Å²) in [5, 5.41) is 11.6. The van der Waals surface area contributed by atoms with Gasteiger partial charge in [0.15, 0.2) is 0 Å². The number of aliphatic carboxylic acids is 1. The van der Waals surface area contributed by atoms with Gasteiger partial charge in [-0.05, 0) is 37.0 Å². The van der Waals surface area contributed by atoms with Crippen molar-refractivity contribution >= 4 is 11.9 Å². The number of benzene rings is 1. The molecule has 0 bridgehead atoms. The van der Waals surface area contributed by atoms with Crippen LogP contribution in [0.1, 0.15) is 38.2 Å². The van der Waals surface area contributed by atoms with Crippen molar-refractivity contribution in [1.82, 2.24) is 5.32 Å². The highest BCUT2D eigenvalue weighted by Crippen LogP contribution is 2.48. The van der Waals surface area contributed by atoms with Crippen LogP contribution in [0.15, 0.2) is 24.3 Å². The Kier molecular flexibility index (Phi) is 4.06. The van der Waals surface area contributed by atoms with Crippen molar-refractivity contribution in [2.45, 2.75) is 44.1 Å². The Bertz CT molecular complexity index is 508. The summed E-state index contributed by atoms with van der Waals surface area (Å²) < 4.78 is 12.9. The van der Waals surface area contributed by atoms with Crippen molar-refractivity contribution in [1.29, 1.82) is 0 Å². The van der Waals surface area contributed by atoms with Gasteiger partial charge in [0, 0.05) is 6.04 Å². The van der Waals surface area contributed by atoms with E-state index in [9.17, 15) is 14.0 Å². The molecular formula is C15H18FNO3. The molecule has 1 saturated carbocycles. The number of amides is 1. The maximum absolute atomic E-state index is 12.9. The van der Waals surface area contributed by atoms with Gasteiger partial charge in [-0.25, -0.2) is 4.39 Å². The Morgan fingerprint density at radius 2 is 1.95 bits per heavy atom. The second-order valence-corrected chi connectivity index (χ2v) is 5.27. The third kappa shape index (κ3) is 2.98. The molecule has 0 saturated heterocycles. The van der Waals surface area contributed by atoms with E-state index >= 15 is 0 Å². The van der Waals surface area contributed by atoms with Crippen LogP contribution in [0.2, 0.25) is 0 Å². The zero-order valence-electron chi connectivity index (χ0n) is 11.4. The fourth-order valence-corrected chi connectivity index (χ4v) is 2.37. The highest BCUT2D eigenvalue weighted by atomic mass is 19.1. The number of carboxylic acid groups (broad SMARTS) is 1. The van der Waals surface area contributed by atoms with Crippen LogP contribution < -0.4 is 5.32 Å². The van der Waals surface area contributed by atoms with Gasteiger partial charge in [0.2, 0.25) is 5.91 Å². The van der Waals surface area contributed by atoms with Crippen LogP contribution in [0.3, 0.4) is 0 Å². The highest BCUT2D eigenvalue weighted by Gasteiger charge is 2.51. The van der Waals surface area contributed by atoms with Crippen LogP contribution >= 0.6 is 0 Å². The monoisotopic (exact) mass is 279 g/mol. The minimum absolute atomic E-state index is 0.0816. The number of carbonyl (C=O) groups is 2. The molecule has 2 rings (SSSR count). The average Bonchev–Trinajstić information content (AvgIpc) is 3.19. The lowest BCUT2D eigenvalue weighted by Crippen LogP contribution is -2.42. The third-order valence-electron chi connectivity index (χ3n) is 3.83. The minimum atomic E-state index is -0.927. The molecule has 0 spiro atoms. The molecule has 0 heterocycles. The van der Waals surface area contributed by atoms with Crippen molar-refractivity contribution in [3.05, 3.63) is 35.6 Å². The zero-order chi connectivity index (χ0) is 14.8. The SMILES string of the molecule is CCC(CC(=O)O)NC(=O)C1(c2ccc(F)cc2)CC1. The Labute approximate surface area is 117 Å². The smallest absolute Gasteiger partial charge is 0.305 e. The highest BCUT2D eigenvalue weighted by molar-refractivity contribution is 5.91. The van der Waals surface area contributed by atoms with Crippen molar-refractivity contribution in [2.24, 2.45) is 0 Å². The maximum Gasteiger partial charge on any atom is 0.305 e. The summed E-state index contributed by atoms with van der Waals surface area (Å²) in [7, 11) is 0. The van der Waals surface area contributed by atoms with Crippen LogP contribution in [0, 0.1) is 5.82 Å². The standard InChI is InChI=1S/C15H18FNO3/c1-2-12(9-13(18)19)17-14(20)15(7-8-15)10-3-5-11(16)6-4-10/h3-6,12H,2,7-9H2,1H3,(H,17,20)(H,18,19). The van der Waals surface area contributed by atoms with E-state index in [2.05, 4.69) is 5.32 Å². The lowest BCUT2D eigenvalue weighted by atomic mass is 9.94. The predicted molar refractivity (Wildman–Crippen MR) is 71.8 cm³/mol. The van der Waals surface area contributed by atoms with E-state index in [-0.39, 0.29) is 24.2 Å². The van der Waals surface area contributed by atoms with Crippen molar-refractivity contribution < 1.29 is 19.1 Å². The third-order valence-corrected chi connectivity index (χ3v) is 3.83. The number of carbonyl (C=O) groups excluding carboxylic acids is 1. The molecule has 1 atom stereocenters. The van der Waals surface area contributed by atoms with E-state index < -0.39 is 11.4 Å². The number of carboxylic acids is 1. The molecule has 1 aromatic carbocycles. The van der Waals surface area contributed by atoms with Gasteiger partial charge in [0.05, 0.1) is 11.8 Å². The van der Waals surface area contributed by atoms with Gasteiger partial charge in [-0.2, -0.15) is 0 Å². The molecular weight excluding hydrogens is 261 g/mol. The van der Waals surface area contributed by atoms with Gasteiger partial charge >= 0.3 is 5.97 Å². The molecule has 1 aliphatic rings. The molecule has 2 N–H and O–H groups in total. The molecule has 1 fully saturated rings. The fourth-order valence-electron chi connectivity index (χ4n) is 2.37. The first kappa shape index (κ1) is 14.5. The van der Waals surface area contributed by atoms with E-state index in [1.165, 1.54) is 12.1 Å². The molecule has 0 radical (unpaired) electrons. The molecule has 20 heavy (non-hydrogen) atoms. The first-order chi connectivity index (χ1) is 9.48. The first-order valence-corrected chi connectivity index (χ1v) is 6.77. The zero-order valence-corrected chi connectivity index (χ0v) is 11.4. The summed E-state index contributed by atoms with van der Waals surface area (Å²) in [4.78, 5) is 23.1.